The van der Waals surface area contributed by atoms with Gasteiger partial charge in [0, 0.05) is 24.7 Å². The van der Waals surface area contributed by atoms with E-state index in [2.05, 4.69) is 20.6 Å². The molecule has 0 atom stereocenters. The van der Waals surface area contributed by atoms with Crippen molar-refractivity contribution in [3.63, 3.8) is 0 Å². The van der Waals surface area contributed by atoms with Crippen LogP contribution in [0, 0.1) is 0 Å². The molecule has 2 amide bonds. The summed E-state index contributed by atoms with van der Waals surface area (Å²) in [4.78, 5) is 14.6. The van der Waals surface area contributed by atoms with Crippen LogP contribution in [0.15, 0.2) is 36.5 Å². The maximum atomic E-state index is 12.2. The fraction of sp³-hybridized carbons (Fsp3) is 0.474. The van der Waals surface area contributed by atoms with Crippen LogP contribution in [0.3, 0.4) is 0 Å². The van der Waals surface area contributed by atoms with Crippen molar-refractivity contribution in [1.82, 2.24) is 20.0 Å². The third kappa shape index (κ3) is 4.98. The average Bonchev–Trinajstić information content (AvgIpc) is 3.09. The van der Waals surface area contributed by atoms with Crippen molar-refractivity contribution in [2.24, 2.45) is 0 Å². The van der Waals surface area contributed by atoms with E-state index in [-0.39, 0.29) is 6.03 Å². The van der Waals surface area contributed by atoms with Crippen molar-refractivity contribution in [3.05, 3.63) is 42.1 Å². The molecule has 0 unspecified atom stereocenters. The van der Waals surface area contributed by atoms with Gasteiger partial charge in [0.2, 0.25) is 0 Å². The Labute approximate surface area is 154 Å². The van der Waals surface area contributed by atoms with Crippen LogP contribution in [0.5, 0.6) is 5.75 Å². The number of benzene rings is 1. The fourth-order valence-electron chi connectivity index (χ4n) is 3.23. The van der Waals surface area contributed by atoms with Crippen LogP contribution >= 0.6 is 0 Å². The van der Waals surface area contributed by atoms with Gasteiger partial charge < -0.3 is 15.0 Å². The minimum atomic E-state index is -0.205. The van der Waals surface area contributed by atoms with Gasteiger partial charge in [0.15, 0.2) is 0 Å². The van der Waals surface area contributed by atoms with Crippen molar-refractivity contribution in [1.29, 1.82) is 0 Å². The van der Waals surface area contributed by atoms with Gasteiger partial charge in [0.1, 0.15) is 11.6 Å². The standard InChI is InChI=1S/C19H27N5O2/c1-26-17-8-4-3-7-16(17)15-24-18(9-10-21-24)22-19(25)20-11-14-23-12-5-2-6-13-23/h3-4,7-10H,2,5-6,11-15H2,1H3,(H2,20,22,25). The second-order valence-corrected chi connectivity index (χ2v) is 6.47. The molecule has 1 aliphatic rings. The van der Waals surface area contributed by atoms with E-state index in [0.717, 1.165) is 30.9 Å². The molecule has 0 bridgehead atoms. The minimum Gasteiger partial charge on any atom is -0.496 e. The Hall–Kier alpha value is -2.54. The predicted octanol–water partition coefficient (Wildman–Crippen LogP) is 2.55. The van der Waals surface area contributed by atoms with Crippen LogP contribution in [0.25, 0.3) is 0 Å². The Morgan fingerprint density at radius 3 is 2.81 bits per heavy atom. The largest absolute Gasteiger partial charge is 0.496 e. The summed E-state index contributed by atoms with van der Waals surface area (Å²) in [6.45, 7) is 4.34. The lowest BCUT2D eigenvalue weighted by atomic mass is 10.1. The molecule has 0 saturated carbocycles. The SMILES string of the molecule is COc1ccccc1Cn1nccc1NC(=O)NCCN1CCCCC1. The summed E-state index contributed by atoms with van der Waals surface area (Å²) >= 11 is 0. The molecule has 3 rings (SSSR count). The molecule has 140 valence electrons. The van der Waals surface area contributed by atoms with Gasteiger partial charge in [-0.1, -0.05) is 24.6 Å². The van der Waals surface area contributed by atoms with Crippen molar-refractivity contribution in [2.45, 2.75) is 25.8 Å². The van der Waals surface area contributed by atoms with E-state index in [1.807, 2.05) is 24.3 Å². The number of methoxy groups -OCH3 is 1. The fourth-order valence-corrected chi connectivity index (χ4v) is 3.23. The lowest BCUT2D eigenvalue weighted by molar-refractivity contribution is 0.224. The molecule has 0 aliphatic carbocycles. The summed E-state index contributed by atoms with van der Waals surface area (Å²) in [5.74, 6) is 1.46. The zero-order valence-electron chi connectivity index (χ0n) is 15.3. The van der Waals surface area contributed by atoms with Gasteiger partial charge in [-0.05, 0) is 32.0 Å². The first kappa shape index (κ1) is 18.3. The predicted molar refractivity (Wildman–Crippen MR) is 102 cm³/mol. The lowest BCUT2D eigenvalue weighted by Crippen LogP contribution is -2.39. The minimum absolute atomic E-state index is 0.205. The van der Waals surface area contributed by atoms with E-state index < -0.39 is 0 Å². The second-order valence-electron chi connectivity index (χ2n) is 6.47. The molecule has 2 heterocycles. The molecular formula is C19H27N5O2. The monoisotopic (exact) mass is 357 g/mol. The Kier molecular flexibility index (Phi) is 6.49. The number of nitrogens with zero attached hydrogens (tertiary/aromatic N) is 3. The maximum Gasteiger partial charge on any atom is 0.320 e. The summed E-state index contributed by atoms with van der Waals surface area (Å²) in [6.07, 6.45) is 5.52. The Morgan fingerprint density at radius 1 is 1.19 bits per heavy atom. The van der Waals surface area contributed by atoms with Gasteiger partial charge >= 0.3 is 6.03 Å². The molecule has 1 fully saturated rings. The summed E-state index contributed by atoms with van der Waals surface area (Å²) in [6, 6.07) is 9.38. The van der Waals surface area contributed by atoms with Crippen molar-refractivity contribution < 1.29 is 9.53 Å². The third-order valence-corrected chi connectivity index (χ3v) is 4.63. The van der Waals surface area contributed by atoms with E-state index in [0.29, 0.717) is 18.9 Å². The number of carbonyl (C=O) groups excluding carboxylic acids is 1. The summed E-state index contributed by atoms with van der Waals surface area (Å²) in [7, 11) is 1.65. The lowest BCUT2D eigenvalue weighted by Gasteiger charge is -2.26. The number of hydrogen-bond acceptors (Lipinski definition) is 4. The van der Waals surface area contributed by atoms with E-state index >= 15 is 0 Å². The smallest absolute Gasteiger partial charge is 0.320 e. The second kappa shape index (κ2) is 9.24. The molecule has 2 aromatic rings. The number of amides is 2. The van der Waals surface area contributed by atoms with Crippen LogP contribution in [0.2, 0.25) is 0 Å². The first-order valence-electron chi connectivity index (χ1n) is 9.17. The highest BCUT2D eigenvalue weighted by Gasteiger charge is 2.12. The number of rotatable bonds is 7. The van der Waals surface area contributed by atoms with E-state index in [4.69, 9.17) is 4.74 Å². The van der Waals surface area contributed by atoms with Crippen LogP contribution in [0.4, 0.5) is 10.6 Å². The van der Waals surface area contributed by atoms with Gasteiger partial charge in [-0.25, -0.2) is 9.48 Å². The average molecular weight is 357 g/mol. The Morgan fingerprint density at radius 2 is 2.00 bits per heavy atom. The van der Waals surface area contributed by atoms with Gasteiger partial charge in [-0.15, -0.1) is 0 Å². The number of hydrogen-bond donors (Lipinski definition) is 2. The molecule has 0 radical (unpaired) electrons. The number of likely N-dealkylation sites (tertiary alicyclic amines) is 1. The number of nitrogens with one attached hydrogen (secondary N) is 2. The highest BCUT2D eigenvalue weighted by molar-refractivity contribution is 5.88. The highest BCUT2D eigenvalue weighted by atomic mass is 16.5. The summed E-state index contributed by atoms with van der Waals surface area (Å²) in [5, 5.41) is 10.1. The maximum absolute atomic E-state index is 12.2. The van der Waals surface area contributed by atoms with Gasteiger partial charge in [-0.3, -0.25) is 5.32 Å². The van der Waals surface area contributed by atoms with Gasteiger partial charge in [0.05, 0.1) is 19.9 Å². The third-order valence-electron chi connectivity index (χ3n) is 4.63. The number of ether oxygens (including phenoxy) is 1. The molecular weight excluding hydrogens is 330 g/mol. The van der Waals surface area contributed by atoms with E-state index in [1.54, 1.807) is 24.1 Å². The Balaban J connectivity index is 1.50. The molecule has 0 spiro atoms. The van der Waals surface area contributed by atoms with Crippen molar-refractivity contribution in [2.75, 3.05) is 38.6 Å². The molecule has 2 N–H and O–H groups in total. The summed E-state index contributed by atoms with van der Waals surface area (Å²) < 4.78 is 7.13. The normalized spacial score (nSPS) is 14.8. The molecule has 1 aromatic carbocycles. The number of para-hydroxylation sites is 1. The number of carbonyl (C=O) groups is 1. The van der Waals surface area contributed by atoms with Gasteiger partial charge in [0.25, 0.3) is 0 Å². The highest BCUT2D eigenvalue weighted by Crippen LogP contribution is 2.20. The van der Waals surface area contributed by atoms with Gasteiger partial charge in [-0.2, -0.15) is 5.10 Å². The number of urea groups is 1. The zero-order valence-corrected chi connectivity index (χ0v) is 15.3. The van der Waals surface area contributed by atoms with Crippen LogP contribution in [-0.2, 0) is 6.54 Å². The first-order valence-corrected chi connectivity index (χ1v) is 9.17. The first-order chi connectivity index (χ1) is 12.8. The van der Waals surface area contributed by atoms with Crippen LogP contribution in [-0.4, -0.2) is 54.0 Å². The summed E-state index contributed by atoms with van der Waals surface area (Å²) in [5.41, 5.74) is 1.01. The molecule has 1 saturated heterocycles. The van der Waals surface area contributed by atoms with Crippen LogP contribution < -0.4 is 15.4 Å². The zero-order chi connectivity index (χ0) is 18.2. The van der Waals surface area contributed by atoms with Crippen molar-refractivity contribution in [3.8, 4) is 5.75 Å². The molecule has 7 nitrogen and oxygen atoms in total. The molecule has 26 heavy (non-hydrogen) atoms. The molecule has 1 aliphatic heterocycles. The topological polar surface area (TPSA) is 71.4 Å². The van der Waals surface area contributed by atoms with E-state index in [1.165, 1.54) is 19.3 Å². The molecule has 1 aromatic heterocycles. The number of anilines is 1. The Bertz CT molecular complexity index is 709. The molecule has 7 heteroatoms. The van der Waals surface area contributed by atoms with Crippen LogP contribution in [0.1, 0.15) is 24.8 Å². The number of aromatic nitrogens is 2. The number of piperidine rings is 1. The van der Waals surface area contributed by atoms with E-state index in [9.17, 15) is 4.79 Å². The van der Waals surface area contributed by atoms with Crippen molar-refractivity contribution >= 4 is 11.8 Å². The quantitative estimate of drug-likeness (QED) is 0.799.